The summed E-state index contributed by atoms with van der Waals surface area (Å²) in [6.45, 7) is 2.34. The van der Waals surface area contributed by atoms with Gasteiger partial charge in [0.15, 0.2) is 10.9 Å². The number of nitrogens with zero attached hydrogens (tertiary/aromatic N) is 3. The molecule has 9 heteroatoms. The van der Waals surface area contributed by atoms with Crippen molar-refractivity contribution in [2.24, 2.45) is 5.92 Å². The Labute approximate surface area is 181 Å². The predicted octanol–water partition coefficient (Wildman–Crippen LogP) is 3.56. The molecule has 0 aliphatic heterocycles. The third kappa shape index (κ3) is 4.31. The molecule has 30 heavy (non-hydrogen) atoms. The Kier molecular flexibility index (Phi) is 5.74. The number of nitrogens with one attached hydrogen (secondary N) is 1. The van der Waals surface area contributed by atoms with Gasteiger partial charge in [-0.2, -0.15) is 0 Å². The zero-order valence-electron chi connectivity index (χ0n) is 16.5. The van der Waals surface area contributed by atoms with Crippen molar-refractivity contribution in [3.63, 3.8) is 0 Å². The van der Waals surface area contributed by atoms with E-state index < -0.39 is 5.92 Å². The zero-order chi connectivity index (χ0) is 21.3. The van der Waals surface area contributed by atoms with Gasteiger partial charge in [-0.15, -0.1) is 11.3 Å². The largest absolute Gasteiger partial charge is 0.339 e. The topological polar surface area (TPSA) is 92.3 Å². The van der Waals surface area contributed by atoms with E-state index in [2.05, 4.69) is 15.3 Å². The van der Waals surface area contributed by atoms with Crippen molar-refractivity contribution in [3.8, 4) is 0 Å². The minimum atomic E-state index is -0.447. The van der Waals surface area contributed by atoms with Gasteiger partial charge in [-0.1, -0.05) is 29.0 Å². The second-order valence-electron chi connectivity index (χ2n) is 7.27. The fraction of sp³-hybridized carbons (Fsp3) is 0.286. The van der Waals surface area contributed by atoms with Gasteiger partial charge in [0.05, 0.1) is 23.0 Å². The molecule has 1 aromatic carbocycles. The van der Waals surface area contributed by atoms with Gasteiger partial charge in [-0.05, 0) is 19.1 Å². The number of fused-ring (bicyclic) bond motifs is 1. The van der Waals surface area contributed by atoms with Crippen LogP contribution in [-0.2, 0) is 17.8 Å². The molecule has 1 aliphatic rings. The highest BCUT2D eigenvalue weighted by atomic mass is 32.1. The summed E-state index contributed by atoms with van der Waals surface area (Å²) in [7, 11) is 1.72. The maximum absolute atomic E-state index is 12.8. The smallest absolute Gasteiger partial charge is 0.257 e. The van der Waals surface area contributed by atoms with Crippen LogP contribution in [0.25, 0.3) is 0 Å². The molecular weight excluding hydrogens is 420 g/mol. The van der Waals surface area contributed by atoms with Gasteiger partial charge in [0.2, 0.25) is 5.91 Å². The van der Waals surface area contributed by atoms with Gasteiger partial charge in [-0.25, -0.2) is 9.97 Å². The van der Waals surface area contributed by atoms with Crippen molar-refractivity contribution in [1.29, 1.82) is 0 Å². The van der Waals surface area contributed by atoms with Crippen LogP contribution in [0.4, 0.5) is 5.13 Å². The molecular formula is C21H20N4O3S2. The maximum Gasteiger partial charge on any atom is 0.257 e. The van der Waals surface area contributed by atoms with Gasteiger partial charge >= 0.3 is 0 Å². The first-order valence-electron chi connectivity index (χ1n) is 9.45. The Morgan fingerprint density at radius 2 is 2.13 bits per heavy atom. The highest BCUT2D eigenvalue weighted by Gasteiger charge is 2.34. The van der Waals surface area contributed by atoms with Crippen LogP contribution in [0.2, 0.25) is 0 Å². The quantitative estimate of drug-likeness (QED) is 0.655. The second-order valence-corrected chi connectivity index (χ2v) is 9.25. The van der Waals surface area contributed by atoms with Crippen molar-refractivity contribution in [2.45, 2.75) is 26.3 Å². The highest BCUT2D eigenvalue weighted by molar-refractivity contribution is 7.17. The van der Waals surface area contributed by atoms with E-state index in [-0.39, 0.29) is 24.0 Å². The lowest BCUT2D eigenvalue weighted by atomic mass is 9.89. The summed E-state index contributed by atoms with van der Waals surface area (Å²) in [5.41, 5.74) is 2.10. The molecule has 1 atom stereocenters. The molecule has 0 saturated carbocycles. The highest BCUT2D eigenvalue weighted by Crippen LogP contribution is 2.33. The number of ketones is 1. The summed E-state index contributed by atoms with van der Waals surface area (Å²) in [5, 5.41) is 5.87. The molecule has 2 amide bonds. The SMILES string of the molecule is Cc1cccc(C(=O)Nc2nc3c(s2)C(=O)CC(C(=O)N(C)Cc2nccs2)C3)c1. The molecule has 0 fully saturated rings. The van der Waals surface area contributed by atoms with Gasteiger partial charge < -0.3 is 4.90 Å². The third-order valence-electron chi connectivity index (χ3n) is 4.90. The van der Waals surface area contributed by atoms with E-state index in [1.807, 2.05) is 24.4 Å². The standard InChI is InChI=1S/C21H20N4O3S2/c1-12-4-3-5-13(8-12)19(27)24-21-23-15-9-14(10-16(26)18(15)30-21)20(28)25(2)11-17-22-6-7-29-17/h3-8,14H,9-11H2,1-2H3,(H,23,24,27). The molecule has 1 aliphatic carbocycles. The van der Waals surface area contributed by atoms with Crippen molar-refractivity contribution >= 4 is 45.4 Å². The molecule has 2 heterocycles. The van der Waals surface area contributed by atoms with Crippen LogP contribution >= 0.6 is 22.7 Å². The minimum absolute atomic E-state index is 0.0949. The summed E-state index contributed by atoms with van der Waals surface area (Å²) >= 11 is 2.66. The first kappa shape index (κ1) is 20.4. The first-order chi connectivity index (χ1) is 14.4. The predicted molar refractivity (Wildman–Crippen MR) is 116 cm³/mol. The Bertz CT molecular complexity index is 1110. The summed E-state index contributed by atoms with van der Waals surface area (Å²) in [6.07, 6.45) is 2.25. The number of benzene rings is 1. The van der Waals surface area contributed by atoms with E-state index in [1.165, 1.54) is 22.7 Å². The fourth-order valence-electron chi connectivity index (χ4n) is 3.44. The van der Waals surface area contributed by atoms with Crippen molar-refractivity contribution < 1.29 is 14.4 Å². The number of rotatable bonds is 5. The normalized spacial score (nSPS) is 15.5. The Balaban J connectivity index is 1.46. The van der Waals surface area contributed by atoms with Crippen molar-refractivity contribution in [1.82, 2.24) is 14.9 Å². The van der Waals surface area contributed by atoms with Crippen LogP contribution in [0.5, 0.6) is 0 Å². The first-order valence-corrected chi connectivity index (χ1v) is 11.1. The Morgan fingerprint density at radius 1 is 1.30 bits per heavy atom. The van der Waals surface area contributed by atoms with E-state index in [0.29, 0.717) is 34.2 Å². The van der Waals surface area contributed by atoms with E-state index in [0.717, 1.165) is 10.6 Å². The van der Waals surface area contributed by atoms with Crippen LogP contribution in [0.3, 0.4) is 0 Å². The van der Waals surface area contributed by atoms with Crippen LogP contribution in [0.1, 0.15) is 42.7 Å². The van der Waals surface area contributed by atoms with Crippen LogP contribution in [-0.4, -0.2) is 39.5 Å². The molecule has 4 rings (SSSR count). The van der Waals surface area contributed by atoms with Crippen LogP contribution < -0.4 is 5.32 Å². The zero-order valence-corrected chi connectivity index (χ0v) is 18.2. The number of aryl methyl sites for hydroxylation is 1. The lowest BCUT2D eigenvalue weighted by Crippen LogP contribution is -2.36. The van der Waals surface area contributed by atoms with Gasteiger partial charge in [0, 0.05) is 37.0 Å². The molecule has 1 N–H and O–H groups in total. The molecule has 3 aromatic rings. The number of hydrogen-bond acceptors (Lipinski definition) is 7. The molecule has 1 unspecified atom stereocenters. The lowest BCUT2D eigenvalue weighted by Gasteiger charge is -2.24. The van der Waals surface area contributed by atoms with Gasteiger partial charge in [-0.3, -0.25) is 19.7 Å². The van der Waals surface area contributed by atoms with Gasteiger partial charge in [0.1, 0.15) is 5.01 Å². The molecule has 0 spiro atoms. The number of aromatic nitrogens is 2. The monoisotopic (exact) mass is 440 g/mol. The molecule has 154 valence electrons. The second kappa shape index (κ2) is 8.45. The van der Waals surface area contributed by atoms with E-state index in [9.17, 15) is 14.4 Å². The average molecular weight is 441 g/mol. The molecule has 7 nitrogen and oxygen atoms in total. The summed E-state index contributed by atoms with van der Waals surface area (Å²) in [5.74, 6) is -0.918. The minimum Gasteiger partial charge on any atom is -0.339 e. The van der Waals surface area contributed by atoms with Crippen molar-refractivity contribution in [2.75, 3.05) is 12.4 Å². The molecule has 0 radical (unpaired) electrons. The Morgan fingerprint density at radius 3 is 2.87 bits per heavy atom. The number of carbonyl (C=O) groups excluding carboxylic acids is 3. The average Bonchev–Trinajstić information content (AvgIpc) is 3.37. The summed E-state index contributed by atoms with van der Waals surface area (Å²) in [6, 6.07) is 7.26. The number of Topliss-reactive ketones (excluding diaryl/α,β-unsaturated/α-hetero) is 1. The molecule has 0 saturated heterocycles. The number of carbonyl (C=O) groups is 3. The van der Waals surface area contributed by atoms with E-state index in [1.54, 1.807) is 30.3 Å². The molecule has 0 bridgehead atoms. The van der Waals surface area contributed by atoms with Gasteiger partial charge in [0.25, 0.3) is 5.91 Å². The van der Waals surface area contributed by atoms with E-state index in [4.69, 9.17) is 0 Å². The number of amides is 2. The molecule has 2 aromatic heterocycles. The third-order valence-corrected chi connectivity index (χ3v) is 6.72. The van der Waals surface area contributed by atoms with Crippen LogP contribution in [0.15, 0.2) is 35.8 Å². The summed E-state index contributed by atoms with van der Waals surface area (Å²) in [4.78, 5) is 48.7. The van der Waals surface area contributed by atoms with Crippen LogP contribution in [0, 0.1) is 12.8 Å². The number of anilines is 1. The maximum atomic E-state index is 12.8. The number of thiazole rings is 2. The summed E-state index contributed by atoms with van der Waals surface area (Å²) < 4.78 is 0. The fourth-order valence-corrected chi connectivity index (χ4v) is 5.04. The Hall–Kier alpha value is -2.91. The lowest BCUT2D eigenvalue weighted by molar-refractivity contribution is -0.134. The number of hydrogen-bond donors (Lipinski definition) is 1. The van der Waals surface area contributed by atoms with E-state index >= 15 is 0 Å². The van der Waals surface area contributed by atoms with Crippen molar-refractivity contribution in [3.05, 3.63) is 62.5 Å².